The van der Waals surface area contributed by atoms with Gasteiger partial charge >= 0.3 is 0 Å². The molecule has 0 aliphatic carbocycles. The number of hydrogen-bond acceptors (Lipinski definition) is 4. The fraction of sp³-hybridized carbons (Fsp3) is 0.227. The maximum absolute atomic E-state index is 13.0. The van der Waals surface area contributed by atoms with Gasteiger partial charge in [-0.25, -0.2) is 9.97 Å². The molecule has 2 aromatic carbocycles. The van der Waals surface area contributed by atoms with Gasteiger partial charge in [0.15, 0.2) is 0 Å². The molecule has 138 valence electrons. The Kier molecular flexibility index (Phi) is 5.81. The lowest BCUT2D eigenvalue weighted by Crippen LogP contribution is -2.32. The van der Waals surface area contributed by atoms with E-state index in [2.05, 4.69) is 29.0 Å². The van der Waals surface area contributed by atoms with Crippen LogP contribution in [0.15, 0.2) is 66.9 Å². The fourth-order valence-corrected chi connectivity index (χ4v) is 3.02. The number of aryl methyl sites for hydroxylation is 1. The molecule has 1 heterocycles. The summed E-state index contributed by atoms with van der Waals surface area (Å²) in [5.41, 5.74) is 3.42. The molecule has 27 heavy (non-hydrogen) atoms. The third-order valence-electron chi connectivity index (χ3n) is 4.36. The number of carbonyl (C=O) groups is 1. The van der Waals surface area contributed by atoms with Gasteiger partial charge in [-0.15, -0.1) is 0 Å². The van der Waals surface area contributed by atoms with Gasteiger partial charge in [-0.2, -0.15) is 0 Å². The summed E-state index contributed by atoms with van der Waals surface area (Å²) in [7, 11) is 0. The topological polar surface area (TPSA) is 49.3 Å². The lowest BCUT2D eigenvalue weighted by molar-refractivity contribution is 0.0983. The van der Waals surface area contributed by atoms with E-state index in [0.29, 0.717) is 24.7 Å². The van der Waals surface area contributed by atoms with E-state index >= 15 is 0 Å². The van der Waals surface area contributed by atoms with E-state index in [1.54, 1.807) is 17.2 Å². The van der Waals surface area contributed by atoms with E-state index in [1.807, 2.05) is 61.2 Å². The minimum absolute atomic E-state index is 0.132. The second kappa shape index (κ2) is 8.45. The third kappa shape index (κ3) is 4.14. The van der Waals surface area contributed by atoms with Crippen molar-refractivity contribution in [1.82, 2.24) is 9.97 Å². The number of nitrogens with zero attached hydrogens (tertiary/aromatic N) is 4. The predicted octanol–water partition coefficient (Wildman–Crippen LogP) is 4.61. The Morgan fingerprint density at radius 2 is 1.67 bits per heavy atom. The lowest BCUT2D eigenvalue weighted by atomic mass is 10.2. The zero-order valence-electron chi connectivity index (χ0n) is 16.0. The van der Waals surface area contributed by atoms with Gasteiger partial charge in [0.25, 0.3) is 5.91 Å². The highest BCUT2D eigenvalue weighted by molar-refractivity contribution is 6.04. The first-order valence-corrected chi connectivity index (χ1v) is 9.18. The minimum atomic E-state index is -0.132. The van der Waals surface area contributed by atoms with E-state index in [9.17, 15) is 4.79 Å². The van der Waals surface area contributed by atoms with E-state index in [0.717, 1.165) is 11.4 Å². The normalized spacial score (nSPS) is 10.5. The molecule has 1 aromatic heterocycles. The fourth-order valence-electron chi connectivity index (χ4n) is 3.02. The molecule has 0 fully saturated rings. The van der Waals surface area contributed by atoms with Crippen molar-refractivity contribution < 1.29 is 4.79 Å². The molecule has 0 saturated heterocycles. The molecular formula is C22H24N4O. The molecular weight excluding hydrogens is 336 g/mol. The molecule has 0 atom stereocenters. The molecule has 3 aromatic rings. The van der Waals surface area contributed by atoms with Gasteiger partial charge in [0.05, 0.1) is 0 Å². The Balaban J connectivity index is 1.93. The standard InChI is InChI=1S/C22H24N4O/c1-4-25(18-11-7-6-8-12-18)21(27)20-14-15-23-22(24-20)26(5-2)19-13-9-10-17(3)16-19/h6-16H,4-5H2,1-3H3. The lowest BCUT2D eigenvalue weighted by Gasteiger charge is -2.23. The molecule has 0 unspecified atom stereocenters. The van der Waals surface area contributed by atoms with Crippen molar-refractivity contribution in [3.05, 3.63) is 78.1 Å². The van der Waals surface area contributed by atoms with Crippen LogP contribution in [0.5, 0.6) is 0 Å². The van der Waals surface area contributed by atoms with Crippen molar-refractivity contribution in [2.75, 3.05) is 22.9 Å². The molecule has 0 radical (unpaired) electrons. The van der Waals surface area contributed by atoms with E-state index in [1.165, 1.54) is 5.56 Å². The van der Waals surface area contributed by atoms with Gasteiger partial charge in [-0.05, 0) is 56.7 Å². The minimum Gasteiger partial charge on any atom is -0.311 e. The van der Waals surface area contributed by atoms with Crippen LogP contribution in [0.1, 0.15) is 29.9 Å². The van der Waals surface area contributed by atoms with E-state index in [-0.39, 0.29) is 5.91 Å². The Hall–Kier alpha value is -3.21. The van der Waals surface area contributed by atoms with Gasteiger partial charge in [-0.1, -0.05) is 30.3 Å². The second-order valence-electron chi connectivity index (χ2n) is 6.21. The summed E-state index contributed by atoms with van der Waals surface area (Å²) < 4.78 is 0. The van der Waals surface area contributed by atoms with Crippen LogP contribution in [0.2, 0.25) is 0 Å². The molecule has 0 bridgehead atoms. The summed E-state index contributed by atoms with van der Waals surface area (Å²) >= 11 is 0. The van der Waals surface area contributed by atoms with Crippen molar-refractivity contribution in [2.45, 2.75) is 20.8 Å². The average molecular weight is 360 g/mol. The summed E-state index contributed by atoms with van der Waals surface area (Å²) in [6, 6.07) is 19.5. The van der Waals surface area contributed by atoms with Crippen molar-refractivity contribution in [2.24, 2.45) is 0 Å². The van der Waals surface area contributed by atoms with E-state index < -0.39 is 0 Å². The number of aromatic nitrogens is 2. The van der Waals surface area contributed by atoms with Gasteiger partial charge in [0.2, 0.25) is 5.95 Å². The first-order valence-electron chi connectivity index (χ1n) is 9.18. The largest absolute Gasteiger partial charge is 0.311 e. The number of anilines is 3. The third-order valence-corrected chi connectivity index (χ3v) is 4.36. The smallest absolute Gasteiger partial charge is 0.277 e. The van der Waals surface area contributed by atoms with Crippen LogP contribution >= 0.6 is 0 Å². The highest BCUT2D eigenvalue weighted by Crippen LogP contribution is 2.23. The summed E-state index contributed by atoms with van der Waals surface area (Å²) in [6.45, 7) is 7.33. The predicted molar refractivity (Wildman–Crippen MR) is 110 cm³/mol. The number of benzene rings is 2. The Morgan fingerprint density at radius 3 is 2.33 bits per heavy atom. The van der Waals surface area contributed by atoms with Crippen LogP contribution in [0, 0.1) is 6.92 Å². The summed E-state index contributed by atoms with van der Waals surface area (Å²) in [6.07, 6.45) is 1.65. The van der Waals surface area contributed by atoms with Crippen LogP contribution in [0.25, 0.3) is 0 Å². The van der Waals surface area contributed by atoms with Crippen LogP contribution in [-0.2, 0) is 0 Å². The zero-order valence-corrected chi connectivity index (χ0v) is 16.0. The Bertz CT molecular complexity index is 911. The van der Waals surface area contributed by atoms with Crippen LogP contribution in [-0.4, -0.2) is 29.0 Å². The first kappa shape index (κ1) is 18.6. The summed E-state index contributed by atoms with van der Waals surface area (Å²) in [5, 5.41) is 0. The molecule has 5 heteroatoms. The molecule has 3 rings (SSSR count). The van der Waals surface area contributed by atoms with Crippen molar-refractivity contribution >= 4 is 23.2 Å². The molecule has 0 aliphatic heterocycles. The summed E-state index contributed by atoms with van der Waals surface area (Å²) in [5.74, 6) is 0.394. The highest BCUT2D eigenvalue weighted by Gasteiger charge is 2.19. The van der Waals surface area contributed by atoms with Crippen molar-refractivity contribution in [3.8, 4) is 0 Å². The van der Waals surface area contributed by atoms with Crippen molar-refractivity contribution in [3.63, 3.8) is 0 Å². The van der Waals surface area contributed by atoms with Gasteiger partial charge in [-0.3, -0.25) is 4.79 Å². The SMILES string of the molecule is CCN(C(=O)c1ccnc(N(CC)c2cccc(C)c2)n1)c1ccccc1. The summed E-state index contributed by atoms with van der Waals surface area (Å²) in [4.78, 5) is 25.7. The molecule has 1 amide bonds. The maximum Gasteiger partial charge on any atom is 0.277 e. The number of rotatable bonds is 6. The quantitative estimate of drug-likeness (QED) is 0.644. The van der Waals surface area contributed by atoms with E-state index in [4.69, 9.17) is 0 Å². The van der Waals surface area contributed by atoms with Crippen molar-refractivity contribution in [1.29, 1.82) is 0 Å². The van der Waals surface area contributed by atoms with Gasteiger partial charge in [0, 0.05) is 30.7 Å². The van der Waals surface area contributed by atoms with Gasteiger partial charge in [0.1, 0.15) is 5.69 Å². The molecule has 0 aliphatic rings. The highest BCUT2D eigenvalue weighted by atomic mass is 16.2. The van der Waals surface area contributed by atoms with Crippen LogP contribution in [0.3, 0.4) is 0 Å². The Labute approximate surface area is 160 Å². The molecule has 0 spiro atoms. The average Bonchev–Trinajstić information content (AvgIpc) is 2.70. The molecule has 0 saturated carbocycles. The van der Waals surface area contributed by atoms with Crippen LogP contribution in [0.4, 0.5) is 17.3 Å². The first-order chi connectivity index (χ1) is 13.1. The molecule has 0 N–H and O–H groups in total. The molecule has 5 nitrogen and oxygen atoms in total. The number of carbonyl (C=O) groups excluding carboxylic acids is 1. The number of para-hydroxylation sites is 1. The zero-order chi connectivity index (χ0) is 19.2. The monoisotopic (exact) mass is 360 g/mol. The number of amides is 1. The maximum atomic E-state index is 13.0. The van der Waals surface area contributed by atoms with Gasteiger partial charge < -0.3 is 9.80 Å². The Morgan fingerprint density at radius 1 is 0.926 bits per heavy atom. The second-order valence-corrected chi connectivity index (χ2v) is 6.21. The number of hydrogen-bond donors (Lipinski definition) is 0. The van der Waals surface area contributed by atoms with Crippen LogP contribution < -0.4 is 9.80 Å².